The Balaban J connectivity index is 1.66. The number of amides is 2. The fourth-order valence-electron chi connectivity index (χ4n) is 4.07. The van der Waals surface area contributed by atoms with Gasteiger partial charge >= 0.3 is 6.36 Å². The predicted molar refractivity (Wildman–Crippen MR) is 97.8 cm³/mol. The molecular weight excluding hydrogens is 409 g/mol. The number of fused-ring (bicyclic) bond motifs is 1. The quantitative estimate of drug-likeness (QED) is 0.783. The average Bonchev–Trinajstić information content (AvgIpc) is 2.63. The third kappa shape index (κ3) is 3.95. The molecule has 6 nitrogen and oxygen atoms in total. The Labute approximate surface area is 169 Å². The van der Waals surface area contributed by atoms with Crippen molar-refractivity contribution in [1.82, 2.24) is 10.4 Å². The molecule has 0 atom stereocenters. The normalized spacial score (nSPS) is 21.0. The minimum atomic E-state index is -4.78. The van der Waals surface area contributed by atoms with E-state index in [9.17, 15) is 22.8 Å². The second-order valence-corrected chi connectivity index (χ2v) is 8.40. The Kier molecular flexibility index (Phi) is 5.02. The summed E-state index contributed by atoms with van der Waals surface area (Å²) < 4.78 is 47.0. The van der Waals surface area contributed by atoms with Crippen molar-refractivity contribution in [2.24, 2.45) is 0 Å². The number of alkyl halides is 3. The van der Waals surface area contributed by atoms with Crippen LogP contribution in [0.2, 0.25) is 0 Å². The van der Waals surface area contributed by atoms with Crippen molar-refractivity contribution in [1.29, 1.82) is 0 Å². The molecule has 0 bridgehead atoms. The first-order valence-corrected chi connectivity index (χ1v) is 9.97. The van der Waals surface area contributed by atoms with Crippen molar-refractivity contribution >= 4 is 23.6 Å². The highest BCUT2D eigenvalue weighted by Crippen LogP contribution is 2.49. The van der Waals surface area contributed by atoms with E-state index in [-0.39, 0.29) is 17.6 Å². The molecule has 0 aliphatic carbocycles. The summed E-state index contributed by atoms with van der Waals surface area (Å²) in [5.74, 6) is -1.01. The Morgan fingerprint density at radius 3 is 2.69 bits per heavy atom. The number of nitrogens with one attached hydrogen (secondary N) is 1. The Bertz CT molecular complexity index is 894. The number of benzene rings is 1. The SMILES string of the molecule is CC(=O)NN1C(=O)C2=C(Cc3ccc(OC(F)(F)F)cc3S2)CC12CCOCC2. The van der Waals surface area contributed by atoms with E-state index in [1.807, 2.05) is 0 Å². The van der Waals surface area contributed by atoms with E-state index in [4.69, 9.17) is 4.74 Å². The zero-order valence-electron chi connectivity index (χ0n) is 15.6. The largest absolute Gasteiger partial charge is 0.573 e. The molecule has 1 spiro atoms. The second kappa shape index (κ2) is 7.24. The maximum atomic E-state index is 13.3. The zero-order valence-corrected chi connectivity index (χ0v) is 16.4. The minimum Gasteiger partial charge on any atom is -0.406 e. The molecule has 1 saturated heterocycles. The smallest absolute Gasteiger partial charge is 0.406 e. The number of hydrogen-bond donors (Lipinski definition) is 1. The molecule has 2 amide bonds. The van der Waals surface area contributed by atoms with E-state index in [2.05, 4.69) is 10.2 Å². The Morgan fingerprint density at radius 1 is 1.31 bits per heavy atom. The van der Waals surface area contributed by atoms with Gasteiger partial charge in [0.15, 0.2) is 0 Å². The summed E-state index contributed by atoms with van der Waals surface area (Å²) in [4.78, 5) is 26.0. The van der Waals surface area contributed by atoms with Gasteiger partial charge in [0.2, 0.25) is 5.91 Å². The molecule has 29 heavy (non-hydrogen) atoms. The highest BCUT2D eigenvalue weighted by atomic mass is 32.2. The van der Waals surface area contributed by atoms with Crippen LogP contribution in [-0.2, 0) is 20.7 Å². The van der Waals surface area contributed by atoms with Gasteiger partial charge in [0, 0.05) is 25.0 Å². The number of carbonyl (C=O) groups excluding carboxylic acids is 2. The first kappa shape index (κ1) is 20.1. The van der Waals surface area contributed by atoms with Crippen molar-refractivity contribution in [3.63, 3.8) is 0 Å². The summed E-state index contributed by atoms with van der Waals surface area (Å²) in [6.07, 6.45) is -2.51. The maximum Gasteiger partial charge on any atom is 0.573 e. The molecule has 156 valence electrons. The van der Waals surface area contributed by atoms with Crippen molar-refractivity contribution in [3.05, 3.63) is 34.2 Å². The van der Waals surface area contributed by atoms with Crippen LogP contribution in [0.15, 0.2) is 33.6 Å². The third-order valence-corrected chi connectivity index (χ3v) is 6.58. The van der Waals surface area contributed by atoms with E-state index in [1.165, 1.54) is 24.1 Å². The highest BCUT2D eigenvalue weighted by molar-refractivity contribution is 8.04. The summed E-state index contributed by atoms with van der Waals surface area (Å²) in [6.45, 7) is 2.33. The lowest BCUT2D eigenvalue weighted by atomic mass is 9.78. The Hall–Kier alpha value is -2.20. The summed E-state index contributed by atoms with van der Waals surface area (Å²) in [6, 6.07) is 4.19. The van der Waals surface area contributed by atoms with Gasteiger partial charge in [-0.25, -0.2) is 5.01 Å². The topological polar surface area (TPSA) is 67.9 Å². The van der Waals surface area contributed by atoms with Crippen LogP contribution in [0, 0.1) is 0 Å². The lowest BCUT2D eigenvalue weighted by molar-refractivity contribution is -0.274. The standard InChI is InChI=1S/C19H19F3N2O4S/c1-11(25)23-24-17(26)16-13(10-18(24)4-6-27-7-5-18)8-12-2-3-14(9-15(12)29-16)28-19(20,21)22/h2-3,9H,4-8,10H2,1H3,(H,23,25). The van der Waals surface area contributed by atoms with Crippen LogP contribution in [0.25, 0.3) is 0 Å². The second-order valence-electron chi connectivity index (χ2n) is 7.35. The molecule has 1 fully saturated rings. The van der Waals surface area contributed by atoms with Gasteiger partial charge in [-0.3, -0.25) is 15.0 Å². The summed E-state index contributed by atoms with van der Waals surface area (Å²) in [7, 11) is 0. The van der Waals surface area contributed by atoms with Gasteiger partial charge in [-0.05, 0) is 49.0 Å². The van der Waals surface area contributed by atoms with E-state index in [1.54, 1.807) is 6.07 Å². The molecule has 3 heterocycles. The lowest BCUT2D eigenvalue weighted by Crippen LogP contribution is -2.63. The number of hydrogen-bond acceptors (Lipinski definition) is 5. The van der Waals surface area contributed by atoms with Crippen LogP contribution in [0.3, 0.4) is 0 Å². The Morgan fingerprint density at radius 2 is 2.03 bits per heavy atom. The molecule has 3 aliphatic heterocycles. The maximum absolute atomic E-state index is 13.3. The minimum absolute atomic E-state index is 0.323. The first-order valence-electron chi connectivity index (χ1n) is 9.15. The number of thioether (sulfide) groups is 1. The fourth-order valence-corrected chi connectivity index (χ4v) is 5.21. The van der Waals surface area contributed by atoms with E-state index >= 15 is 0 Å². The molecular formula is C19H19F3N2O4S. The highest BCUT2D eigenvalue weighted by Gasteiger charge is 2.48. The number of carbonyl (C=O) groups is 2. The number of nitrogens with zero attached hydrogens (tertiary/aromatic N) is 1. The van der Waals surface area contributed by atoms with Gasteiger partial charge < -0.3 is 9.47 Å². The number of halogens is 3. The zero-order chi connectivity index (χ0) is 20.8. The van der Waals surface area contributed by atoms with Gasteiger partial charge in [0.05, 0.1) is 10.4 Å². The van der Waals surface area contributed by atoms with E-state index in [0.717, 1.165) is 22.9 Å². The molecule has 0 saturated carbocycles. The lowest BCUT2D eigenvalue weighted by Gasteiger charge is -2.50. The number of ether oxygens (including phenoxy) is 2. The fraction of sp³-hybridized carbons (Fsp3) is 0.474. The van der Waals surface area contributed by atoms with Gasteiger partial charge in [-0.15, -0.1) is 13.2 Å². The number of rotatable bonds is 2. The third-order valence-electron chi connectivity index (χ3n) is 5.32. The molecule has 0 radical (unpaired) electrons. The van der Waals surface area contributed by atoms with Crippen LogP contribution in [0.4, 0.5) is 13.2 Å². The van der Waals surface area contributed by atoms with Crippen LogP contribution in [-0.4, -0.2) is 41.9 Å². The summed E-state index contributed by atoms with van der Waals surface area (Å²) in [5, 5.41) is 1.41. The summed E-state index contributed by atoms with van der Waals surface area (Å²) in [5.41, 5.74) is 3.91. The van der Waals surface area contributed by atoms with Gasteiger partial charge in [0.25, 0.3) is 5.91 Å². The van der Waals surface area contributed by atoms with Gasteiger partial charge in [-0.1, -0.05) is 17.8 Å². The molecule has 10 heteroatoms. The van der Waals surface area contributed by atoms with E-state index < -0.39 is 11.9 Å². The van der Waals surface area contributed by atoms with Crippen molar-refractivity contribution < 1.29 is 32.2 Å². The molecule has 1 N–H and O–H groups in total. The molecule has 4 rings (SSSR count). The van der Waals surface area contributed by atoms with Crippen LogP contribution >= 0.6 is 11.8 Å². The summed E-state index contributed by atoms with van der Waals surface area (Å²) >= 11 is 1.13. The van der Waals surface area contributed by atoms with Crippen molar-refractivity contribution in [2.45, 2.75) is 49.4 Å². The molecule has 0 aromatic heterocycles. The van der Waals surface area contributed by atoms with Crippen LogP contribution in [0.5, 0.6) is 5.75 Å². The molecule has 1 aromatic carbocycles. The van der Waals surface area contributed by atoms with Crippen molar-refractivity contribution in [3.8, 4) is 5.75 Å². The molecule has 3 aliphatic rings. The molecule has 0 unspecified atom stereocenters. The number of hydrazine groups is 1. The van der Waals surface area contributed by atoms with Gasteiger partial charge in [-0.2, -0.15) is 0 Å². The molecule has 1 aromatic rings. The van der Waals surface area contributed by atoms with Crippen LogP contribution in [0.1, 0.15) is 31.7 Å². The van der Waals surface area contributed by atoms with Crippen LogP contribution < -0.4 is 10.2 Å². The first-order chi connectivity index (χ1) is 13.7. The van der Waals surface area contributed by atoms with Gasteiger partial charge in [0.1, 0.15) is 5.75 Å². The predicted octanol–water partition coefficient (Wildman–Crippen LogP) is 3.32. The monoisotopic (exact) mass is 428 g/mol. The average molecular weight is 428 g/mol. The van der Waals surface area contributed by atoms with Crippen molar-refractivity contribution in [2.75, 3.05) is 13.2 Å². The van der Waals surface area contributed by atoms with E-state index in [0.29, 0.717) is 48.7 Å².